The molecule has 0 spiro atoms. The Bertz CT molecular complexity index is 63.2. The van der Waals surface area contributed by atoms with Gasteiger partial charge in [-0.25, -0.2) is 0 Å². The Balaban J connectivity index is 2.37. The monoisotopic (exact) mass is 119 g/mol. The van der Waals surface area contributed by atoms with Crippen LogP contribution in [0.4, 0.5) is 0 Å². The Morgan fingerprint density at radius 3 is 2.83 bits per heavy atom. The van der Waals surface area contributed by atoms with E-state index in [2.05, 4.69) is 5.32 Å². The number of thioether (sulfide) groups is 1. The Labute approximate surface area is 46.5 Å². The van der Waals surface area contributed by atoms with Crippen molar-refractivity contribution in [2.75, 3.05) is 12.4 Å². The quantitative estimate of drug-likeness (QED) is 0.469. The molecule has 0 aromatic carbocycles. The molecule has 6 heavy (non-hydrogen) atoms. The molecule has 0 aromatic rings. The van der Waals surface area contributed by atoms with Crippen molar-refractivity contribution in [3.8, 4) is 0 Å². The molecule has 0 aromatic heterocycles. The average Bonchev–Trinajstić information content (AvgIpc) is 1.86. The summed E-state index contributed by atoms with van der Waals surface area (Å²) >= 11 is 6.54. The summed E-state index contributed by atoms with van der Waals surface area (Å²) in [6, 6.07) is 0. The molecule has 0 radical (unpaired) electrons. The normalized spacial score (nSPS) is 22.3. The van der Waals surface area contributed by atoms with Gasteiger partial charge in [0.1, 0.15) is 0 Å². The highest BCUT2D eigenvalue weighted by molar-refractivity contribution is 8.23. The van der Waals surface area contributed by atoms with Crippen molar-refractivity contribution < 1.29 is 0 Å². The van der Waals surface area contributed by atoms with Crippen molar-refractivity contribution in [1.29, 1.82) is 0 Å². The van der Waals surface area contributed by atoms with Crippen LogP contribution in [0.1, 0.15) is 0 Å². The number of thiocarbonyl (C=S) groups is 1. The first-order valence-electron chi connectivity index (χ1n) is 1.76. The maximum atomic E-state index is 4.82. The van der Waals surface area contributed by atoms with Crippen LogP contribution in [0.15, 0.2) is 0 Å². The van der Waals surface area contributed by atoms with E-state index in [4.69, 9.17) is 12.2 Å². The van der Waals surface area contributed by atoms with Gasteiger partial charge in [0.25, 0.3) is 0 Å². The van der Waals surface area contributed by atoms with Crippen LogP contribution in [0.2, 0.25) is 0 Å². The van der Waals surface area contributed by atoms with Crippen LogP contribution >= 0.6 is 24.0 Å². The topological polar surface area (TPSA) is 12.0 Å². The summed E-state index contributed by atoms with van der Waals surface area (Å²) in [4.78, 5) is 0. The molecule has 0 bridgehead atoms. The van der Waals surface area contributed by atoms with E-state index in [1.165, 1.54) is 0 Å². The minimum atomic E-state index is 0.931. The highest BCUT2D eigenvalue weighted by Gasteiger charge is 2.02. The maximum absolute atomic E-state index is 4.82. The number of hydrogen-bond donors (Lipinski definition) is 1. The van der Waals surface area contributed by atoms with Crippen molar-refractivity contribution in [2.45, 2.75) is 0 Å². The fraction of sp³-hybridized carbons (Fsp3) is 0.667. The number of hydrogen-bond acceptors (Lipinski definition) is 3. The summed E-state index contributed by atoms with van der Waals surface area (Å²) < 4.78 is 1.09. The fourth-order valence-corrected chi connectivity index (χ4v) is 1.18. The van der Waals surface area contributed by atoms with Gasteiger partial charge in [0.05, 0.1) is 4.20 Å². The van der Waals surface area contributed by atoms with Crippen LogP contribution in [-0.2, 0) is 0 Å². The van der Waals surface area contributed by atoms with Gasteiger partial charge < -0.3 is 5.32 Å². The molecule has 0 unspecified atom stereocenters. The minimum absolute atomic E-state index is 0.931. The lowest BCUT2D eigenvalue weighted by atomic mass is 10.8. The molecule has 34 valence electrons. The molecule has 1 saturated heterocycles. The maximum Gasteiger partial charge on any atom is 0.0629 e. The van der Waals surface area contributed by atoms with Crippen molar-refractivity contribution >= 4 is 28.2 Å². The molecule has 1 aliphatic rings. The molecule has 3 heteroatoms. The summed E-state index contributed by atoms with van der Waals surface area (Å²) in [5, 5.41) is 3.09. The lowest BCUT2D eigenvalue weighted by molar-refractivity contribution is 0.949. The number of nitrogens with one attached hydrogen (secondary N) is 1. The van der Waals surface area contributed by atoms with Crippen LogP contribution in [0.25, 0.3) is 0 Å². The summed E-state index contributed by atoms with van der Waals surface area (Å²) in [6.07, 6.45) is 0. The third-order valence-electron chi connectivity index (χ3n) is 0.605. The molecule has 0 saturated carbocycles. The Hall–Kier alpha value is 0.400. The fourth-order valence-electron chi connectivity index (χ4n) is 0.336. The van der Waals surface area contributed by atoms with Crippen LogP contribution < -0.4 is 5.32 Å². The second kappa shape index (κ2) is 1.91. The second-order valence-electron chi connectivity index (χ2n) is 1.09. The van der Waals surface area contributed by atoms with Crippen molar-refractivity contribution in [3.05, 3.63) is 0 Å². The highest BCUT2D eigenvalue weighted by atomic mass is 32.2. The molecule has 1 rings (SSSR count). The highest BCUT2D eigenvalue weighted by Crippen LogP contribution is 2.05. The molecular weight excluding hydrogens is 114 g/mol. The lowest BCUT2D eigenvalue weighted by Crippen LogP contribution is -2.06. The predicted octanol–water partition coefficient (Wildman–Crippen LogP) is 0.608. The van der Waals surface area contributed by atoms with Crippen molar-refractivity contribution in [1.82, 2.24) is 5.32 Å². The van der Waals surface area contributed by atoms with Gasteiger partial charge in [-0.05, 0) is 0 Å². The lowest BCUT2D eigenvalue weighted by Gasteiger charge is -1.75. The molecule has 1 nitrogen and oxygen atoms in total. The Kier molecular flexibility index (Phi) is 1.45. The molecule has 0 aliphatic carbocycles. The van der Waals surface area contributed by atoms with Gasteiger partial charge >= 0.3 is 0 Å². The predicted molar refractivity (Wildman–Crippen MR) is 33.1 cm³/mol. The molecule has 1 heterocycles. The van der Waals surface area contributed by atoms with E-state index in [1.54, 1.807) is 11.8 Å². The first-order valence-corrected chi connectivity index (χ1v) is 3.15. The van der Waals surface area contributed by atoms with Gasteiger partial charge in [-0.2, -0.15) is 0 Å². The van der Waals surface area contributed by atoms with Crippen LogP contribution in [0, 0.1) is 0 Å². The van der Waals surface area contributed by atoms with E-state index in [0.717, 1.165) is 16.6 Å². The summed E-state index contributed by atoms with van der Waals surface area (Å²) in [5.74, 6) is 1.01. The molecule has 1 aliphatic heterocycles. The Morgan fingerprint density at radius 2 is 2.67 bits per heavy atom. The molecule has 0 atom stereocenters. The van der Waals surface area contributed by atoms with E-state index in [0.29, 0.717) is 0 Å². The second-order valence-corrected chi connectivity index (χ2v) is 2.91. The molecule has 0 amide bonds. The van der Waals surface area contributed by atoms with Gasteiger partial charge in [-0.1, -0.05) is 12.2 Å². The first kappa shape index (κ1) is 4.56. The molecule has 1 fully saturated rings. The van der Waals surface area contributed by atoms with Crippen molar-refractivity contribution in [2.24, 2.45) is 0 Å². The van der Waals surface area contributed by atoms with Gasteiger partial charge in [0.2, 0.25) is 0 Å². The zero-order valence-corrected chi connectivity index (χ0v) is 4.86. The van der Waals surface area contributed by atoms with Gasteiger partial charge in [-0.3, -0.25) is 0 Å². The van der Waals surface area contributed by atoms with Crippen LogP contribution in [-0.4, -0.2) is 16.6 Å². The van der Waals surface area contributed by atoms with E-state index >= 15 is 0 Å². The summed E-state index contributed by atoms with van der Waals surface area (Å²) in [5.41, 5.74) is 0. The van der Waals surface area contributed by atoms with Crippen molar-refractivity contribution in [3.63, 3.8) is 0 Å². The Morgan fingerprint density at radius 1 is 1.83 bits per heavy atom. The van der Waals surface area contributed by atoms with E-state index in [1.807, 2.05) is 0 Å². The van der Waals surface area contributed by atoms with E-state index in [-0.39, 0.29) is 0 Å². The van der Waals surface area contributed by atoms with E-state index in [9.17, 15) is 0 Å². The number of rotatable bonds is 0. The van der Waals surface area contributed by atoms with Gasteiger partial charge in [-0.15, -0.1) is 11.8 Å². The standard InChI is InChI=1S/C3H5NS2/c5-3-1-4-2-6-3/h4H,1-2H2. The summed E-state index contributed by atoms with van der Waals surface area (Å²) in [7, 11) is 0. The van der Waals surface area contributed by atoms with Gasteiger partial charge in [0.15, 0.2) is 0 Å². The van der Waals surface area contributed by atoms with Gasteiger partial charge in [0, 0.05) is 12.4 Å². The largest absolute Gasteiger partial charge is 0.302 e. The summed E-state index contributed by atoms with van der Waals surface area (Å²) in [6.45, 7) is 0.931. The van der Waals surface area contributed by atoms with Crippen LogP contribution in [0.3, 0.4) is 0 Å². The first-order chi connectivity index (χ1) is 2.89. The van der Waals surface area contributed by atoms with Crippen LogP contribution in [0.5, 0.6) is 0 Å². The SMILES string of the molecule is S=C1CNCS1. The molecule has 1 N–H and O–H groups in total. The zero-order chi connectivity index (χ0) is 4.41. The third-order valence-corrected chi connectivity index (χ3v) is 1.92. The minimum Gasteiger partial charge on any atom is -0.302 e. The average molecular weight is 119 g/mol. The smallest absolute Gasteiger partial charge is 0.0629 e. The molecular formula is C3H5NS2. The zero-order valence-electron chi connectivity index (χ0n) is 3.23. The van der Waals surface area contributed by atoms with E-state index < -0.39 is 0 Å². The third kappa shape index (κ3) is 0.929.